The van der Waals surface area contributed by atoms with Crippen molar-refractivity contribution in [2.45, 2.75) is 32.1 Å². The molecule has 0 amide bonds. The van der Waals surface area contributed by atoms with E-state index in [1.54, 1.807) is 11.3 Å². The van der Waals surface area contributed by atoms with Crippen LogP contribution in [0.4, 0.5) is 0 Å². The largest absolute Gasteiger partial charge is 0.466 e. The Bertz CT molecular complexity index is 687. The molecule has 0 fully saturated rings. The standard InChI is InChI=1S/C13H12Cl2N2O2S/c1-2-19-8(18)5-6-3-4-7-9(6)10-11(14)16-13(15)17-12(10)20-7/h6H,2-5H2,1H3. The second-order valence-corrected chi connectivity index (χ2v) is 6.43. The first-order valence-electron chi connectivity index (χ1n) is 6.40. The molecule has 0 saturated heterocycles. The van der Waals surface area contributed by atoms with Gasteiger partial charge >= 0.3 is 5.97 Å². The quantitative estimate of drug-likeness (QED) is 0.485. The van der Waals surface area contributed by atoms with E-state index in [4.69, 9.17) is 27.9 Å². The van der Waals surface area contributed by atoms with Crippen LogP contribution in [0.1, 0.15) is 36.1 Å². The van der Waals surface area contributed by atoms with Gasteiger partial charge in [-0.2, -0.15) is 0 Å². The number of ether oxygens (including phenoxy) is 1. The molecule has 0 aromatic carbocycles. The lowest BCUT2D eigenvalue weighted by atomic mass is 9.98. The second kappa shape index (κ2) is 5.47. The maximum Gasteiger partial charge on any atom is 0.306 e. The van der Waals surface area contributed by atoms with E-state index in [1.807, 2.05) is 6.92 Å². The van der Waals surface area contributed by atoms with Crippen LogP contribution < -0.4 is 0 Å². The van der Waals surface area contributed by atoms with E-state index >= 15 is 0 Å². The highest BCUT2D eigenvalue weighted by Gasteiger charge is 2.31. The predicted octanol–water partition coefficient (Wildman–Crippen LogP) is 3.98. The van der Waals surface area contributed by atoms with Crippen molar-refractivity contribution in [3.63, 3.8) is 0 Å². The minimum absolute atomic E-state index is 0.139. The summed E-state index contributed by atoms with van der Waals surface area (Å²) < 4.78 is 5.04. The number of nitrogens with zero attached hydrogens (tertiary/aromatic N) is 2. The molecule has 0 spiro atoms. The van der Waals surface area contributed by atoms with E-state index in [0.717, 1.165) is 28.6 Å². The monoisotopic (exact) mass is 330 g/mol. The van der Waals surface area contributed by atoms with E-state index < -0.39 is 0 Å². The lowest BCUT2D eigenvalue weighted by Gasteiger charge is -2.10. The van der Waals surface area contributed by atoms with Crippen molar-refractivity contribution < 1.29 is 9.53 Å². The highest BCUT2D eigenvalue weighted by molar-refractivity contribution is 7.19. The summed E-state index contributed by atoms with van der Waals surface area (Å²) in [6.45, 7) is 2.22. The zero-order valence-corrected chi connectivity index (χ0v) is 13.1. The molecule has 3 rings (SSSR count). The lowest BCUT2D eigenvalue weighted by Crippen LogP contribution is -2.08. The molecule has 106 valence electrons. The summed E-state index contributed by atoms with van der Waals surface area (Å²) in [5, 5.41) is 1.38. The van der Waals surface area contributed by atoms with Crippen molar-refractivity contribution in [3.05, 3.63) is 20.9 Å². The number of rotatable bonds is 3. The number of halogens is 2. The van der Waals surface area contributed by atoms with E-state index in [0.29, 0.717) is 18.2 Å². The Hall–Kier alpha value is -0.910. The fourth-order valence-electron chi connectivity index (χ4n) is 2.69. The number of fused-ring (bicyclic) bond motifs is 3. The topological polar surface area (TPSA) is 52.1 Å². The third-order valence-electron chi connectivity index (χ3n) is 3.44. The molecule has 1 aliphatic rings. The minimum Gasteiger partial charge on any atom is -0.466 e. The molecular formula is C13H12Cl2N2O2S. The van der Waals surface area contributed by atoms with Gasteiger partial charge in [-0.15, -0.1) is 11.3 Å². The Balaban J connectivity index is 2.01. The Morgan fingerprint density at radius 2 is 2.25 bits per heavy atom. The summed E-state index contributed by atoms with van der Waals surface area (Å²) >= 11 is 13.6. The van der Waals surface area contributed by atoms with Crippen LogP contribution in [-0.4, -0.2) is 22.5 Å². The molecule has 1 unspecified atom stereocenters. The summed E-state index contributed by atoms with van der Waals surface area (Å²) in [5.74, 6) is -0.0317. The number of hydrogen-bond acceptors (Lipinski definition) is 5. The molecule has 0 saturated carbocycles. The number of aromatic nitrogens is 2. The maximum absolute atomic E-state index is 11.7. The summed E-state index contributed by atoms with van der Waals surface area (Å²) in [7, 11) is 0. The van der Waals surface area contributed by atoms with Crippen molar-refractivity contribution in [2.24, 2.45) is 0 Å². The van der Waals surface area contributed by atoms with Crippen LogP contribution in [0, 0.1) is 0 Å². The number of aryl methyl sites for hydroxylation is 1. The van der Waals surface area contributed by atoms with Crippen LogP contribution in [0.5, 0.6) is 0 Å². The zero-order chi connectivity index (χ0) is 14.3. The molecule has 0 N–H and O–H groups in total. The fourth-order valence-corrected chi connectivity index (χ4v) is 4.56. The van der Waals surface area contributed by atoms with Gasteiger partial charge in [0, 0.05) is 4.88 Å². The third-order valence-corrected chi connectivity index (χ3v) is 5.04. The molecule has 1 atom stereocenters. The van der Waals surface area contributed by atoms with Gasteiger partial charge in [-0.25, -0.2) is 9.97 Å². The van der Waals surface area contributed by atoms with Gasteiger partial charge in [0.1, 0.15) is 9.98 Å². The van der Waals surface area contributed by atoms with Crippen LogP contribution in [-0.2, 0) is 16.0 Å². The molecular weight excluding hydrogens is 319 g/mol. The fraction of sp³-hybridized carbons (Fsp3) is 0.462. The summed E-state index contributed by atoms with van der Waals surface area (Å²) in [4.78, 5) is 22.0. The van der Waals surface area contributed by atoms with Crippen molar-refractivity contribution >= 4 is 50.7 Å². The number of esters is 1. The summed E-state index contributed by atoms with van der Waals surface area (Å²) in [6, 6.07) is 0. The van der Waals surface area contributed by atoms with Gasteiger partial charge in [-0.1, -0.05) is 11.6 Å². The molecule has 0 aliphatic heterocycles. The van der Waals surface area contributed by atoms with E-state index in [1.165, 1.54) is 4.88 Å². The van der Waals surface area contributed by atoms with E-state index in [-0.39, 0.29) is 17.2 Å². The SMILES string of the molecule is CCOC(=O)CC1CCc2sc3nc(Cl)nc(Cl)c3c21. The molecule has 0 bridgehead atoms. The minimum atomic E-state index is -0.171. The molecule has 2 heterocycles. The van der Waals surface area contributed by atoms with Crippen LogP contribution in [0.2, 0.25) is 10.4 Å². The molecule has 0 radical (unpaired) electrons. The highest BCUT2D eigenvalue weighted by atomic mass is 35.5. The van der Waals surface area contributed by atoms with Crippen LogP contribution >= 0.6 is 34.5 Å². The van der Waals surface area contributed by atoms with Gasteiger partial charge in [0.2, 0.25) is 5.28 Å². The van der Waals surface area contributed by atoms with Gasteiger partial charge < -0.3 is 4.74 Å². The Morgan fingerprint density at radius 3 is 3.00 bits per heavy atom. The van der Waals surface area contributed by atoms with E-state index in [9.17, 15) is 4.79 Å². The third kappa shape index (κ3) is 2.38. The molecule has 20 heavy (non-hydrogen) atoms. The van der Waals surface area contributed by atoms with Gasteiger partial charge in [-0.3, -0.25) is 4.79 Å². The Kier molecular flexibility index (Phi) is 3.84. The average molecular weight is 331 g/mol. The van der Waals surface area contributed by atoms with Gasteiger partial charge in [-0.05, 0) is 42.8 Å². The molecule has 2 aromatic heterocycles. The predicted molar refractivity (Wildman–Crippen MR) is 79.7 cm³/mol. The average Bonchev–Trinajstić information content (AvgIpc) is 2.89. The summed E-state index contributed by atoms with van der Waals surface area (Å²) in [6.07, 6.45) is 2.26. The van der Waals surface area contributed by atoms with Crippen molar-refractivity contribution in [1.29, 1.82) is 0 Å². The van der Waals surface area contributed by atoms with Crippen molar-refractivity contribution in [1.82, 2.24) is 9.97 Å². The van der Waals surface area contributed by atoms with Crippen LogP contribution in [0.25, 0.3) is 10.2 Å². The lowest BCUT2D eigenvalue weighted by molar-refractivity contribution is -0.143. The van der Waals surface area contributed by atoms with Crippen LogP contribution in [0.15, 0.2) is 0 Å². The number of carbonyl (C=O) groups is 1. The molecule has 2 aromatic rings. The van der Waals surface area contributed by atoms with Crippen molar-refractivity contribution in [2.75, 3.05) is 6.61 Å². The maximum atomic E-state index is 11.7. The normalized spacial score (nSPS) is 17.4. The first-order chi connectivity index (χ1) is 9.60. The number of thiophene rings is 1. The first kappa shape index (κ1) is 14.0. The van der Waals surface area contributed by atoms with Gasteiger partial charge in [0.05, 0.1) is 18.4 Å². The number of hydrogen-bond donors (Lipinski definition) is 0. The Labute approximate surface area is 130 Å². The Morgan fingerprint density at radius 1 is 1.45 bits per heavy atom. The molecule has 1 aliphatic carbocycles. The highest BCUT2D eigenvalue weighted by Crippen LogP contribution is 2.46. The second-order valence-electron chi connectivity index (χ2n) is 4.65. The zero-order valence-electron chi connectivity index (χ0n) is 10.8. The first-order valence-corrected chi connectivity index (χ1v) is 7.97. The number of carbonyl (C=O) groups excluding carboxylic acids is 1. The molecule has 7 heteroatoms. The van der Waals surface area contributed by atoms with Crippen molar-refractivity contribution in [3.8, 4) is 0 Å². The van der Waals surface area contributed by atoms with Gasteiger partial charge in [0.25, 0.3) is 0 Å². The van der Waals surface area contributed by atoms with Crippen LogP contribution in [0.3, 0.4) is 0 Å². The summed E-state index contributed by atoms with van der Waals surface area (Å²) in [5.41, 5.74) is 1.11. The smallest absolute Gasteiger partial charge is 0.306 e. The van der Waals surface area contributed by atoms with Gasteiger partial charge in [0.15, 0.2) is 0 Å². The molecule has 4 nitrogen and oxygen atoms in total. The van der Waals surface area contributed by atoms with E-state index in [2.05, 4.69) is 9.97 Å².